The number of hydrogen-bond donors (Lipinski definition) is 1. The predicted octanol–water partition coefficient (Wildman–Crippen LogP) is 5.24. The molecule has 0 saturated carbocycles. The van der Waals surface area contributed by atoms with Crippen LogP contribution >= 0.6 is 15.9 Å². The molecule has 0 unspecified atom stereocenters. The van der Waals surface area contributed by atoms with Crippen molar-refractivity contribution >= 4 is 24.2 Å². The SMILES string of the molecule is CC(C)(C)[Si](C)(C)Oc1ccc(Br)cc1.c1c[nH]cn1. The first kappa shape index (κ1) is 17.0. The third-order valence-corrected chi connectivity index (χ3v) is 8.29. The molecule has 0 aliphatic heterocycles. The maximum absolute atomic E-state index is 6.14. The van der Waals surface area contributed by atoms with Crippen molar-refractivity contribution < 1.29 is 4.43 Å². The second-order valence-corrected chi connectivity index (χ2v) is 11.7. The summed E-state index contributed by atoms with van der Waals surface area (Å²) in [6.07, 6.45) is 5.08. The topological polar surface area (TPSA) is 37.9 Å². The summed E-state index contributed by atoms with van der Waals surface area (Å²) in [4.78, 5) is 6.42. The zero-order chi connectivity index (χ0) is 15.2. The number of hydrogen-bond acceptors (Lipinski definition) is 2. The van der Waals surface area contributed by atoms with E-state index in [0.29, 0.717) is 0 Å². The molecule has 5 heteroatoms. The van der Waals surface area contributed by atoms with E-state index in [9.17, 15) is 0 Å². The number of benzene rings is 1. The molecule has 0 saturated heterocycles. The summed E-state index contributed by atoms with van der Waals surface area (Å²) in [5.74, 6) is 0.977. The van der Waals surface area contributed by atoms with Gasteiger partial charge in [-0.3, -0.25) is 0 Å². The largest absolute Gasteiger partial charge is 0.544 e. The summed E-state index contributed by atoms with van der Waals surface area (Å²) in [7, 11) is -1.68. The van der Waals surface area contributed by atoms with Gasteiger partial charge in [0.1, 0.15) is 5.75 Å². The molecule has 0 aliphatic carbocycles. The van der Waals surface area contributed by atoms with E-state index < -0.39 is 8.32 Å². The van der Waals surface area contributed by atoms with Gasteiger partial charge >= 0.3 is 0 Å². The molecular formula is C15H23BrN2OSi. The van der Waals surface area contributed by atoms with Gasteiger partial charge < -0.3 is 9.41 Å². The quantitative estimate of drug-likeness (QED) is 0.748. The van der Waals surface area contributed by atoms with Gasteiger partial charge in [-0.05, 0) is 42.4 Å². The van der Waals surface area contributed by atoms with E-state index in [1.165, 1.54) is 0 Å². The number of H-pyrrole nitrogens is 1. The first-order valence-corrected chi connectivity index (χ1v) is 10.3. The lowest BCUT2D eigenvalue weighted by Gasteiger charge is -2.36. The second-order valence-electron chi connectivity index (χ2n) is 6.08. The lowest BCUT2D eigenvalue weighted by molar-refractivity contribution is 0.492. The molecule has 2 aromatic rings. The Kier molecular flexibility index (Phi) is 6.01. The highest BCUT2D eigenvalue weighted by Crippen LogP contribution is 2.37. The van der Waals surface area contributed by atoms with E-state index in [1.807, 2.05) is 24.3 Å². The zero-order valence-corrected chi connectivity index (χ0v) is 15.4. The molecule has 110 valence electrons. The molecular weight excluding hydrogens is 332 g/mol. The number of rotatable bonds is 2. The Morgan fingerprint density at radius 2 is 1.75 bits per heavy atom. The fourth-order valence-corrected chi connectivity index (χ4v) is 2.46. The molecule has 0 aliphatic rings. The van der Waals surface area contributed by atoms with E-state index in [2.05, 4.69) is 59.8 Å². The van der Waals surface area contributed by atoms with Crippen molar-refractivity contribution in [2.75, 3.05) is 0 Å². The van der Waals surface area contributed by atoms with Gasteiger partial charge in [0.05, 0.1) is 6.33 Å². The second kappa shape index (κ2) is 7.08. The van der Waals surface area contributed by atoms with Crippen LogP contribution in [-0.2, 0) is 0 Å². The lowest BCUT2D eigenvalue weighted by atomic mass is 10.2. The smallest absolute Gasteiger partial charge is 0.250 e. The molecule has 1 aromatic carbocycles. The first-order chi connectivity index (χ1) is 9.22. The van der Waals surface area contributed by atoms with Crippen molar-refractivity contribution in [2.24, 2.45) is 0 Å². The molecule has 0 amide bonds. The van der Waals surface area contributed by atoms with Gasteiger partial charge in [-0.1, -0.05) is 36.7 Å². The van der Waals surface area contributed by atoms with E-state index in [4.69, 9.17) is 4.43 Å². The molecule has 0 bridgehead atoms. The average Bonchev–Trinajstić information content (AvgIpc) is 2.89. The van der Waals surface area contributed by atoms with E-state index in [0.717, 1.165) is 10.2 Å². The molecule has 0 spiro atoms. The van der Waals surface area contributed by atoms with Gasteiger partial charge in [-0.2, -0.15) is 0 Å². The van der Waals surface area contributed by atoms with E-state index >= 15 is 0 Å². The number of nitrogens with one attached hydrogen (secondary N) is 1. The number of nitrogens with zero attached hydrogens (tertiary/aromatic N) is 1. The summed E-state index contributed by atoms with van der Waals surface area (Å²) in [6.45, 7) is 11.3. The Labute approximate surface area is 131 Å². The van der Waals surface area contributed by atoms with Crippen LogP contribution in [0.25, 0.3) is 0 Å². The molecule has 2 rings (SSSR count). The number of halogens is 1. The normalized spacial score (nSPS) is 11.5. The maximum Gasteiger partial charge on any atom is 0.250 e. The molecule has 0 fully saturated rings. The summed E-state index contributed by atoms with van der Waals surface area (Å²) >= 11 is 3.42. The van der Waals surface area contributed by atoms with Gasteiger partial charge in [0, 0.05) is 16.9 Å². The van der Waals surface area contributed by atoms with Gasteiger partial charge in [0.15, 0.2) is 0 Å². The van der Waals surface area contributed by atoms with Crippen molar-refractivity contribution in [1.29, 1.82) is 0 Å². The van der Waals surface area contributed by atoms with Gasteiger partial charge in [0.2, 0.25) is 8.32 Å². The standard InChI is InChI=1S/C12H19BrOSi.C3H4N2/c1-12(2,3)15(4,5)14-11-8-6-10(13)7-9-11;1-2-5-3-4-1/h6-9H,1-5H3;1-3H,(H,4,5). The molecule has 0 radical (unpaired) electrons. The molecule has 1 heterocycles. The molecule has 1 aromatic heterocycles. The number of aromatic amines is 1. The van der Waals surface area contributed by atoms with Gasteiger partial charge in [0.25, 0.3) is 0 Å². The Hall–Kier alpha value is -1.07. The number of imidazole rings is 1. The first-order valence-electron chi connectivity index (χ1n) is 6.60. The highest BCUT2D eigenvalue weighted by molar-refractivity contribution is 9.10. The van der Waals surface area contributed by atoms with Crippen molar-refractivity contribution in [3.8, 4) is 5.75 Å². The van der Waals surface area contributed by atoms with Crippen molar-refractivity contribution in [3.05, 3.63) is 47.5 Å². The van der Waals surface area contributed by atoms with Crippen LogP contribution in [0.1, 0.15) is 20.8 Å². The third-order valence-electron chi connectivity index (χ3n) is 3.40. The van der Waals surface area contributed by atoms with E-state index in [1.54, 1.807) is 18.7 Å². The fraction of sp³-hybridized carbons (Fsp3) is 0.400. The molecule has 20 heavy (non-hydrogen) atoms. The van der Waals surface area contributed by atoms with Crippen LogP contribution in [-0.4, -0.2) is 18.3 Å². The van der Waals surface area contributed by atoms with Crippen LogP contribution in [0.4, 0.5) is 0 Å². The lowest BCUT2D eigenvalue weighted by Crippen LogP contribution is -2.43. The fourth-order valence-electron chi connectivity index (χ4n) is 1.17. The Balaban J connectivity index is 0.000000333. The van der Waals surface area contributed by atoms with Crippen molar-refractivity contribution in [3.63, 3.8) is 0 Å². The average molecular weight is 355 g/mol. The van der Waals surface area contributed by atoms with Crippen LogP contribution in [0, 0.1) is 0 Å². The Bertz CT molecular complexity index is 472. The molecule has 0 atom stereocenters. The summed E-state index contributed by atoms with van der Waals surface area (Å²) < 4.78 is 7.23. The summed E-state index contributed by atoms with van der Waals surface area (Å²) in [6, 6.07) is 8.07. The highest BCUT2D eigenvalue weighted by atomic mass is 79.9. The minimum absolute atomic E-state index is 0.250. The minimum atomic E-state index is -1.68. The molecule has 3 nitrogen and oxygen atoms in total. The van der Waals surface area contributed by atoms with Gasteiger partial charge in [-0.25, -0.2) is 4.98 Å². The van der Waals surface area contributed by atoms with Crippen LogP contribution < -0.4 is 4.43 Å². The number of aromatic nitrogens is 2. The predicted molar refractivity (Wildman–Crippen MR) is 90.6 cm³/mol. The van der Waals surface area contributed by atoms with E-state index in [-0.39, 0.29) is 5.04 Å². The van der Waals surface area contributed by atoms with Crippen LogP contribution in [0.2, 0.25) is 18.1 Å². The van der Waals surface area contributed by atoms with Crippen molar-refractivity contribution in [2.45, 2.75) is 38.9 Å². The maximum atomic E-state index is 6.14. The zero-order valence-electron chi connectivity index (χ0n) is 12.8. The summed E-state index contributed by atoms with van der Waals surface area (Å²) in [5, 5.41) is 0.250. The van der Waals surface area contributed by atoms with Crippen molar-refractivity contribution in [1.82, 2.24) is 9.97 Å². The van der Waals surface area contributed by atoms with Crippen LogP contribution in [0.3, 0.4) is 0 Å². The minimum Gasteiger partial charge on any atom is -0.544 e. The van der Waals surface area contributed by atoms with Crippen LogP contribution in [0.15, 0.2) is 47.5 Å². The van der Waals surface area contributed by atoms with Gasteiger partial charge in [-0.15, -0.1) is 0 Å². The highest BCUT2D eigenvalue weighted by Gasteiger charge is 2.38. The van der Waals surface area contributed by atoms with Crippen LogP contribution in [0.5, 0.6) is 5.75 Å². The summed E-state index contributed by atoms with van der Waals surface area (Å²) in [5.41, 5.74) is 0. The molecule has 1 N–H and O–H groups in total. The monoisotopic (exact) mass is 354 g/mol. The Morgan fingerprint density at radius 1 is 1.15 bits per heavy atom. The third kappa shape index (κ3) is 5.51. The Morgan fingerprint density at radius 3 is 2.10 bits per heavy atom.